The molecule has 0 amide bonds. The molecular weight excluding hydrogens is 405 g/mol. The molecule has 2 heterocycles. The van der Waals surface area contributed by atoms with E-state index in [4.69, 9.17) is 4.98 Å². The van der Waals surface area contributed by atoms with Crippen molar-refractivity contribution in [3.05, 3.63) is 111 Å². The van der Waals surface area contributed by atoms with Gasteiger partial charge in [0, 0.05) is 12.4 Å². The van der Waals surface area contributed by atoms with Gasteiger partial charge in [-0.2, -0.15) is 0 Å². The Hall–Kier alpha value is -4.06. The molecule has 0 aliphatic rings. The number of para-hydroxylation sites is 1. The summed E-state index contributed by atoms with van der Waals surface area (Å²) in [5.74, 6) is -0.305. The highest BCUT2D eigenvalue weighted by Crippen LogP contribution is 2.27. The minimum absolute atomic E-state index is 0.00549. The molecule has 0 spiro atoms. The monoisotopic (exact) mass is 425 g/mol. The van der Waals surface area contributed by atoms with Crippen LogP contribution < -0.4 is 11.0 Å². The Morgan fingerprint density at radius 1 is 0.875 bits per heavy atom. The van der Waals surface area contributed by atoms with Crippen molar-refractivity contribution in [2.75, 3.05) is 0 Å². The highest BCUT2D eigenvalue weighted by molar-refractivity contribution is 5.92. The van der Waals surface area contributed by atoms with Crippen LogP contribution in [0.25, 0.3) is 33.3 Å². The van der Waals surface area contributed by atoms with E-state index in [0.29, 0.717) is 10.9 Å². The van der Waals surface area contributed by atoms with Crippen LogP contribution in [0.5, 0.6) is 0 Å². The molecule has 5 rings (SSSR count). The molecule has 0 saturated carbocycles. The fourth-order valence-electron chi connectivity index (χ4n) is 4.24. The molecule has 0 bridgehead atoms. The minimum atomic E-state index is -0.490. The van der Waals surface area contributed by atoms with Gasteiger partial charge in [0.1, 0.15) is 17.0 Å². The number of rotatable bonds is 3. The number of pyridine rings is 1. The zero-order valence-electron chi connectivity index (χ0n) is 17.6. The van der Waals surface area contributed by atoms with Crippen molar-refractivity contribution in [2.24, 2.45) is 7.05 Å². The quantitative estimate of drug-likeness (QED) is 0.395. The first-order valence-electron chi connectivity index (χ1n) is 10.3. The van der Waals surface area contributed by atoms with E-state index in [1.165, 1.54) is 10.6 Å². The number of aryl methyl sites for hydroxylation is 1. The number of halogens is 1. The summed E-state index contributed by atoms with van der Waals surface area (Å²) < 4.78 is 18.0. The Balaban J connectivity index is 1.98. The van der Waals surface area contributed by atoms with Crippen molar-refractivity contribution >= 4 is 21.9 Å². The molecule has 158 valence electrons. The van der Waals surface area contributed by atoms with Gasteiger partial charge in [-0.1, -0.05) is 54.6 Å². The van der Waals surface area contributed by atoms with Gasteiger partial charge in [0.25, 0.3) is 5.56 Å². The summed E-state index contributed by atoms with van der Waals surface area (Å²) in [6.07, 6.45) is 0. The molecule has 5 aromatic rings. The van der Waals surface area contributed by atoms with Gasteiger partial charge >= 0.3 is 0 Å². The highest BCUT2D eigenvalue weighted by Gasteiger charge is 2.23. The maximum atomic E-state index is 14.9. The van der Waals surface area contributed by atoms with E-state index < -0.39 is 17.4 Å². The fraction of sp³-hybridized carbons (Fsp3) is 0.115. The molecule has 2 aromatic heterocycles. The third-order valence-corrected chi connectivity index (χ3v) is 5.94. The van der Waals surface area contributed by atoms with Crippen LogP contribution in [0.2, 0.25) is 0 Å². The number of hydrogen-bond acceptors (Lipinski definition) is 3. The normalized spacial score (nSPS) is 12.3. The van der Waals surface area contributed by atoms with Crippen LogP contribution in [0.1, 0.15) is 18.5 Å². The summed E-state index contributed by atoms with van der Waals surface area (Å²) >= 11 is 0. The van der Waals surface area contributed by atoms with Gasteiger partial charge in [0.2, 0.25) is 5.43 Å². The van der Waals surface area contributed by atoms with Crippen LogP contribution in [0.4, 0.5) is 4.39 Å². The van der Waals surface area contributed by atoms with Gasteiger partial charge in [0.05, 0.1) is 17.1 Å². The number of nitrogens with zero attached hydrogens (tertiary/aromatic N) is 3. The zero-order valence-corrected chi connectivity index (χ0v) is 17.6. The SMILES string of the molecule is C[C@@H](c1ccccc1)n1c(-c2ccccc2F)nc2c(c(=O)c3ccccc3n2C)c1=O. The van der Waals surface area contributed by atoms with Gasteiger partial charge in [0.15, 0.2) is 5.65 Å². The smallest absolute Gasteiger partial charge is 0.267 e. The van der Waals surface area contributed by atoms with Crippen LogP contribution in [0.15, 0.2) is 88.5 Å². The largest absolute Gasteiger partial charge is 0.328 e. The van der Waals surface area contributed by atoms with Gasteiger partial charge in [-0.3, -0.25) is 14.2 Å². The number of hydrogen-bond donors (Lipinski definition) is 0. The lowest BCUT2D eigenvalue weighted by atomic mass is 10.1. The third kappa shape index (κ3) is 2.95. The van der Waals surface area contributed by atoms with Crippen molar-refractivity contribution in [3.63, 3.8) is 0 Å². The Labute approximate surface area is 183 Å². The van der Waals surface area contributed by atoms with E-state index in [9.17, 15) is 14.0 Å². The van der Waals surface area contributed by atoms with Crippen LogP contribution >= 0.6 is 0 Å². The molecule has 6 heteroatoms. The molecule has 0 radical (unpaired) electrons. The summed E-state index contributed by atoms with van der Waals surface area (Å²) in [5.41, 5.74) is 1.08. The second-order valence-electron chi connectivity index (χ2n) is 7.78. The molecule has 0 fully saturated rings. The van der Waals surface area contributed by atoms with Crippen LogP contribution in [-0.4, -0.2) is 14.1 Å². The lowest BCUT2D eigenvalue weighted by Gasteiger charge is -2.21. The number of aromatic nitrogens is 3. The zero-order chi connectivity index (χ0) is 22.4. The summed E-state index contributed by atoms with van der Waals surface area (Å²) in [6, 6.07) is 22.3. The first-order chi connectivity index (χ1) is 15.5. The molecule has 0 saturated heterocycles. The molecule has 0 N–H and O–H groups in total. The molecule has 3 aromatic carbocycles. The lowest BCUT2D eigenvalue weighted by Crippen LogP contribution is -2.31. The van der Waals surface area contributed by atoms with Crippen molar-refractivity contribution < 1.29 is 4.39 Å². The fourth-order valence-corrected chi connectivity index (χ4v) is 4.24. The first kappa shape index (κ1) is 19.9. The van der Waals surface area contributed by atoms with E-state index in [1.807, 2.05) is 43.3 Å². The molecule has 0 aliphatic heterocycles. The van der Waals surface area contributed by atoms with Gasteiger partial charge in [-0.05, 0) is 36.8 Å². The highest BCUT2D eigenvalue weighted by atomic mass is 19.1. The van der Waals surface area contributed by atoms with Crippen molar-refractivity contribution in [1.29, 1.82) is 0 Å². The van der Waals surface area contributed by atoms with E-state index in [1.54, 1.807) is 48.0 Å². The topological polar surface area (TPSA) is 56.9 Å². The van der Waals surface area contributed by atoms with Crippen LogP contribution in [0.3, 0.4) is 0 Å². The Bertz CT molecular complexity index is 1600. The molecule has 1 atom stereocenters. The Morgan fingerprint density at radius 3 is 2.28 bits per heavy atom. The minimum Gasteiger partial charge on any atom is -0.328 e. The Kier molecular flexibility index (Phi) is 4.70. The summed E-state index contributed by atoms with van der Waals surface area (Å²) in [6.45, 7) is 1.85. The first-order valence-corrected chi connectivity index (χ1v) is 10.3. The Morgan fingerprint density at radius 2 is 1.53 bits per heavy atom. The second kappa shape index (κ2) is 7.57. The predicted octanol–water partition coefficient (Wildman–Crippen LogP) is 4.66. The molecular formula is C26H20FN3O2. The number of benzene rings is 3. The maximum Gasteiger partial charge on any atom is 0.267 e. The lowest BCUT2D eigenvalue weighted by molar-refractivity contribution is 0.600. The van der Waals surface area contributed by atoms with Gasteiger partial charge in [-0.25, -0.2) is 9.37 Å². The van der Waals surface area contributed by atoms with Crippen molar-refractivity contribution in [2.45, 2.75) is 13.0 Å². The molecule has 32 heavy (non-hydrogen) atoms. The summed E-state index contributed by atoms with van der Waals surface area (Å²) in [5, 5.41) is 0.438. The molecule has 0 unspecified atom stereocenters. The molecule has 0 aliphatic carbocycles. The van der Waals surface area contributed by atoms with Crippen molar-refractivity contribution in [1.82, 2.24) is 14.1 Å². The van der Waals surface area contributed by atoms with Crippen molar-refractivity contribution in [3.8, 4) is 11.4 Å². The van der Waals surface area contributed by atoms with E-state index in [0.717, 1.165) is 5.56 Å². The number of fused-ring (bicyclic) bond motifs is 2. The van der Waals surface area contributed by atoms with E-state index >= 15 is 0 Å². The van der Waals surface area contributed by atoms with E-state index in [-0.39, 0.29) is 27.9 Å². The van der Waals surface area contributed by atoms with E-state index in [2.05, 4.69) is 0 Å². The summed E-state index contributed by atoms with van der Waals surface area (Å²) in [7, 11) is 1.76. The predicted molar refractivity (Wildman–Crippen MR) is 124 cm³/mol. The molecule has 5 nitrogen and oxygen atoms in total. The third-order valence-electron chi connectivity index (χ3n) is 5.94. The van der Waals surface area contributed by atoms with Crippen LogP contribution in [0, 0.1) is 5.82 Å². The second-order valence-corrected chi connectivity index (χ2v) is 7.78. The summed E-state index contributed by atoms with van der Waals surface area (Å²) in [4.78, 5) is 31.9. The van der Waals surface area contributed by atoms with Crippen LogP contribution in [-0.2, 0) is 7.05 Å². The maximum absolute atomic E-state index is 14.9. The average Bonchev–Trinajstić information content (AvgIpc) is 2.82. The standard InChI is InChI=1S/C26H20FN3O2/c1-16(17-10-4-3-5-11-17)30-24(18-12-6-8-14-20(18)27)28-25-22(26(30)32)23(31)19-13-7-9-15-21(19)29(25)2/h3-16H,1-2H3/t16-/m0/s1. The van der Waals surface area contributed by atoms with Gasteiger partial charge < -0.3 is 4.57 Å². The average molecular weight is 425 g/mol. The van der Waals surface area contributed by atoms with Gasteiger partial charge in [-0.15, -0.1) is 0 Å².